The number of hydrogen-bond acceptors (Lipinski definition) is 2. The molecule has 2 N–H and O–H groups in total. The topological polar surface area (TPSA) is 29.3 Å². The minimum atomic E-state index is 0.384. The van der Waals surface area contributed by atoms with Crippen LogP contribution in [0.15, 0.2) is 54.4 Å². The molecule has 0 aromatic heterocycles. The molecule has 0 spiro atoms. The van der Waals surface area contributed by atoms with Crippen LogP contribution in [0.3, 0.4) is 0 Å². The maximum absolute atomic E-state index is 5.69. The Morgan fingerprint density at radius 2 is 2.00 bits per heavy atom. The molecule has 0 unspecified atom stereocenters. The van der Waals surface area contributed by atoms with Gasteiger partial charge in [-0.1, -0.05) is 42.5 Å². The molecule has 2 heteroatoms. The lowest BCUT2D eigenvalue weighted by molar-refractivity contribution is 0.520. The lowest BCUT2D eigenvalue weighted by Gasteiger charge is -2.25. The molecular formula is C14H18N2. The lowest BCUT2D eigenvalue weighted by Crippen LogP contribution is -2.21. The predicted molar refractivity (Wildman–Crippen MR) is 67.7 cm³/mol. The predicted octanol–water partition coefficient (Wildman–Crippen LogP) is 2.15. The van der Waals surface area contributed by atoms with E-state index in [9.17, 15) is 0 Å². The van der Waals surface area contributed by atoms with Crippen molar-refractivity contribution >= 4 is 0 Å². The fraction of sp³-hybridized carbons (Fsp3) is 0.286. The first-order valence-electron chi connectivity index (χ1n) is 5.65. The Hall–Kier alpha value is -1.54. The summed E-state index contributed by atoms with van der Waals surface area (Å²) in [6, 6.07) is 10.5. The van der Waals surface area contributed by atoms with Crippen molar-refractivity contribution in [3.05, 3.63) is 59.9 Å². The van der Waals surface area contributed by atoms with E-state index in [-0.39, 0.29) is 0 Å². The van der Waals surface area contributed by atoms with Crippen LogP contribution in [0.25, 0.3) is 0 Å². The molecule has 1 aliphatic rings. The number of nitrogens with two attached hydrogens (primary N) is 1. The summed E-state index contributed by atoms with van der Waals surface area (Å²) in [5.74, 6) is 0.384. The molecule has 2 rings (SSSR count). The highest BCUT2D eigenvalue weighted by Crippen LogP contribution is 2.18. The Bertz CT molecular complexity index is 392. The van der Waals surface area contributed by atoms with Gasteiger partial charge < -0.3 is 10.6 Å². The molecule has 0 fully saturated rings. The average Bonchev–Trinajstić information content (AvgIpc) is 2.33. The van der Waals surface area contributed by atoms with Crippen LogP contribution in [-0.4, -0.2) is 18.5 Å². The summed E-state index contributed by atoms with van der Waals surface area (Å²) in [6.45, 7) is 0.683. The maximum atomic E-state index is 5.69. The summed E-state index contributed by atoms with van der Waals surface area (Å²) >= 11 is 0. The van der Waals surface area contributed by atoms with Gasteiger partial charge in [-0.15, -0.1) is 0 Å². The van der Waals surface area contributed by atoms with Crippen LogP contribution in [-0.2, 0) is 6.42 Å². The van der Waals surface area contributed by atoms with E-state index in [4.69, 9.17) is 5.73 Å². The summed E-state index contributed by atoms with van der Waals surface area (Å²) in [7, 11) is 2.08. The molecule has 1 aliphatic heterocycles. The van der Waals surface area contributed by atoms with Gasteiger partial charge in [0.15, 0.2) is 0 Å². The Labute approximate surface area is 97.1 Å². The normalized spacial score (nSPS) is 19.8. The molecule has 1 heterocycles. The van der Waals surface area contributed by atoms with Gasteiger partial charge in [-0.3, -0.25) is 0 Å². The Morgan fingerprint density at radius 3 is 2.69 bits per heavy atom. The highest BCUT2D eigenvalue weighted by atomic mass is 15.1. The average molecular weight is 214 g/mol. The van der Waals surface area contributed by atoms with Crippen molar-refractivity contribution in [2.75, 3.05) is 13.6 Å². The van der Waals surface area contributed by atoms with Crippen molar-refractivity contribution < 1.29 is 0 Å². The molecule has 1 aromatic carbocycles. The first-order chi connectivity index (χ1) is 7.79. The van der Waals surface area contributed by atoms with Crippen LogP contribution in [0.4, 0.5) is 0 Å². The molecule has 0 radical (unpaired) electrons. The highest BCUT2D eigenvalue weighted by molar-refractivity contribution is 5.25. The Kier molecular flexibility index (Phi) is 3.42. The van der Waals surface area contributed by atoms with Gasteiger partial charge in [0.25, 0.3) is 0 Å². The number of rotatable bonds is 3. The molecule has 1 aromatic rings. The number of likely N-dealkylation sites (N-methyl/N-ethyl adjacent to an activating group) is 1. The fourth-order valence-electron chi connectivity index (χ4n) is 1.89. The van der Waals surface area contributed by atoms with Gasteiger partial charge in [0.1, 0.15) is 0 Å². The largest absolute Gasteiger partial charge is 0.355 e. The van der Waals surface area contributed by atoms with Crippen molar-refractivity contribution in [1.82, 2.24) is 4.90 Å². The van der Waals surface area contributed by atoms with E-state index in [1.54, 1.807) is 0 Å². The molecule has 84 valence electrons. The lowest BCUT2D eigenvalue weighted by atomic mass is 10.0. The Morgan fingerprint density at radius 1 is 1.25 bits per heavy atom. The van der Waals surface area contributed by atoms with E-state index in [0.29, 0.717) is 12.5 Å². The van der Waals surface area contributed by atoms with Crippen molar-refractivity contribution in [2.45, 2.75) is 6.42 Å². The smallest absolute Gasteiger partial charge is 0.0181 e. The minimum Gasteiger partial charge on any atom is -0.355 e. The van der Waals surface area contributed by atoms with Crippen LogP contribution >= 0.6 is 0 Å². The van der Waals surface area contributed by atoms with E-state index >= 15 is 0 Å². The molecule has 16 heavy (non-hydrogen) atoms. The number of nitrogens with zero attached hydrogens (tertiary/aromatic N) is 1. The summed E-state index contributed by atoms with van der Waals surface area (Å²) < 4.78 is 0. The van der Waals surface area contributed by atoms with Gasteiger partial charge in [-0.2, -0.15) is 0 Å². The van der Waals surface area contributed by atoms with E-state index in [0.717, 1.165) is 6.42 Å². The zero-order chi connectivity index (χ0) is 11.4. The van der Waals surface area contributed by atoms with Gasteiger partial charge in [0.2, 0.25) is 0 Å². The SMILES string of the molecule is CN1C=C[C@H](CN)C=C1Cc1ccccc1. The van der Waals surface area contributed by atoms with Crippen molar-refractivity contribution in [1.29, 1.82) is 0 Å². The quantitative estimate of drug-likeness (QED) is 0.835. The van der Waals surface area contributed by atoms with E-state index in [2.05, 4.69) is 54.6 Å². The standard InChI is InChI=1S/C14H18N2/c1-16-8-7-13(11-15)10-14(16)9-12-5-3-2-4-6-12/h2-8,10,13H,9,11,15H2,1H3/t13-/m0/s1. The second-order valence-corrected chi connectivity index (χ2v) is 4.17. The fourth-order valence-corrected chi connectivity index (χ4v) is 1.89. The monoisotopic (exact) mass is 214 g/mol. The zero-order valence-electron chi connectivity index (χ0n) is 9.63. The Balaban J connectivity index is 2.12. The number of benzene rings is 1. The van der Waals surface area contributed by atoms with Gasteiger partial charge in [0.05, 0.1) is 0 Å². The molecule has 0 saturated heterocycles. The van der Waals surface area contributed by atoms with Crippen molar-refractivity contribution in [3.8, 4) is 0 Å². The molecule has 0 saturated carbocycles. The first-order valence-corrected chi connectivity index (χ1v) is 5.65. The third-order valence-electron chi connectivity index (χ3n) is 2.92. The van der Waals surface area contributed by atoms with Crippen LogP contribution in [0.1, 0.15) is 5.56 Å². The van der Waals surface area contributed by atoms with Gasteiger partial charge >= 0.3 is 0 Å². The van der Waals surface area contributed by atoms with Crippen LogP contribution in [0, 0.1) is 5.92 Å². The van der Waals surface area contributed by atoms with Crippen molar-refractivity contribution in [2.24, 2.45) is 11.7 Å². The van der Waals surface area contributed by atoms with Crippen LogP contribution in [0.2, 0.25) is 0 Å². The maximum Gasteiger partial charge on any atom is 0.0181 e. The number of hydrogen-bond donors (Lipinski definition) is 1. The summed E-state index contributed by atoms with van der Waals surface area (Å²) in [5, 5.41) is 0. The minimum absolute atomic E-state index is 0.384. The molecule has 0 amide bonds. The van der Waals surface area contributed by atoms with Crippen LogP contribution in [0.5, 0.6) is 0 Å². The van der Waals surface area contributed by atoms with Gasteiger partial charge in [-0.05, 0) is 5.56 Å². The van der Waals surface area contributed by atoms with E-state index < -0.39 is 0 Å². The third kappa shape index (κ3) is 2.52. The molecule has 0 aliphatic carbocycles. The number of allylic oxidation sites excluding steroid dienone is 1. The summed E-state index contributed by atoms with van der Waals surface area (Å²) in [4.78, 5) is 2.17. The van der Waals surface area contributed by atoms with Crippen LogP contribution < -0.4 is 5.73 Å². The van der Waals surface area contributed by atoms with Gasteiger partial charge in [-0.25, -0.2) is 0 Å². The van der Waals surface area contributed by atoms with Gasteiger partial charge in [0, 0.05) is 37.8 Å². The summed E-state index contributed by atoms with van der Waals surface area (Å²) in [6.07, 6.45) is 7.48. The second kappa shape index (κ2) is 4.99. The summed E-state index contributed by atoms with van der Waals surface area (Å²) in [5.41, 5.74) is 8.35. The molecular weight excluding hydrogens is 196 g/mol. The second-order valence-electron chi connectivity index (χ2n) is 4.17. The first kappa shape index (κ1) is 11.0. The molecule has 1 atom stereocenters. The van der Waals surface area contributed by atoms with Crippen molar-refractivity contribution in [3.63, 3.8) is 0 Å². The zero-order valence-corrected chi connectivity index (χ0v) is 9.63. The molecule has 0 bridgehead atoms. The third-order valence-corrected chi connectivity index (χ3v) is 2.92. The van der Waals surface area contributed by atoms with E-state index in [1.165, 1.54) is 11.3 Å². The highest BCUT2D eigenvalue weighted by Gasteiger charge is 2.11. The van der Waals surface area contributed by atoms with E-state index in [1.807, 2.05) is 6.07 Å². The molecule has 2 nitrogen and oxygen atoms in total.